The van der Waals surface area contributed by atoms with Crippen molar-refractivity contribution in [2.75, 3.05) is 31.6 Å². The minimum absolute atomic E-state index is 0.00501. The number of nitrogens with zero attached hydrogens (tertiary/aromatic N) is 2. The Kier molecular flexibility index (Phi) is 5.32. The third kappa shape index (κ3) is 4.57. The van der Waals surface area contributed by atoms with Crippen LogP contribution in [0.5, 0.6) is 0 Å². The molecule has 0 radical (unpaired) electrons. The average molecular weight is 335 g/mol. The maximum absolute atomic E-state index is 13.5. The zero-order valence-corrected chi connectivity index (χ0v) is 13.4. The average Bonchev–Trinajstić information content (AvgIpc) is 2.97. The van der Waals surface area contributed by atoms with E-state index in [0.717, 1.165) is 38.5 Å². The van der Waals surface area contributed by atoms with E-state index in [0.29, 0.717) is 10.7 Å². The van der Waals surface area contributed by atoms with Crippen molar-refractivity contribution >= 4 is 22.4 Å². The lowest BCUT2D eigenvalue weighted by molar-refractivity contribution is -0.115. The molecule has 0 bridgehead atoms. The number of aromatic nitrogens is 1. The maximum Gasteiger partial charge on any atom is 0.230 e. The zero-order chi connectivity index (χ0) is 16.1. The van der Waals surface area contributed by atoms with Crippen LogP contribution in [0, 0.1) is 5.82 Å². The molecule has 1 aliphatic rings. The van der Waals surface area contributed by atoms with Crippen LogP contribution >= 0.6 is 11.3 Å². The number of rotatable bonds is 5. The molecule has 3 rings (SSSR count). The number of nitrogens with one attached hydrogen (secondary N) is 1. The van der Waals surface area contributed by atoms with E-state index in [1.165, 1.54) is 17.4 Å². The van der Waals surface area contributed by atoms with Crippen molar-refractivity contribution in [3.63, 3.8) is 0 Å². The number of carbonyl (C=O) groups is 1. The normalized spacial score (nSPS) is 15.5. The molecular weight excluding hydrogens is 317 g/mol. The lowest BCUT2D eigenvalue weighted by Crippen LogP contribution is -2.35. The minimum atomic E-state index is -0.366. The van der Waals surface area contributed by atoms with Gasteiger partial charge in [0.05, 0.1) is 25.3 Å². The van der Waals surface area contributed by atoms with E-state index in [1.807, 2.05) is 5.38 Å². The molecule has 122 valence electrons. The molecule has 2 aromatic rings. The van der Waals surface area contributed by atoms with Gasteiger partial charge in [-0.25, -0.2) is 9.37 Å². The first kappa shape index (κ1) is 16.0. The summed E-state index contributed by atoms with van der Waals surface area (Å²) in [4.78, 5) is 18.7. The van der Waals surface area contributed by atoms with Gasteiger partial charge in [-0.15, -0.1) is 11.3 Å². The highest BCUT2D eigenvalue weighted by Gasteiger charge is 2.14. The molecule has 0 aliphatic carbocycles. The molecule has 23 heavy (non-hydrogen) atoms. The fourth-order valence-corrected chi connectivity index (χ4v) is 3.12. The second kappa shape index (κ2) is 7.63. The Morgan fingerprint density at radius 2 is 2.13 bits per heavy atom. The van der Waals surface area contributed by atoms with Crippen LogP contribution in [0.3, 0.4) is 0 Å². The van der Waals surface area contributed by atoms with Gasteiger partial charge in [-0.2, -0.15) is 0 Å². The predicted molar refractivity (Wildman–Crippen MR) is 86.9 cm³/mol. The van der Waals surface area contributed by atoms with Crippen LogP contribution in [0.15, 0.2) is 29.6 Å². The number of amides is 1. The summed E-state index contributed by atoms with van der Waals surface area (Å²) >= 11 is 1.39. The zero-order valence-electron chi connectivity index (χ0n) is 12.6. The Morgan fingerprint density at radius 1 is 1.35 bits per heavy atom. The van der Waals surface area contributed by atoms with E-state index >= 15 is 0 Å². The van der Waals surface area contributed by atoms with Crippen LogP contribution in [-0.4, -0.2) is 42.1 Å². The molecule has 5 nitrogen and oxygen atoms in total. The van der Waals surface area contributed by atoms with E-state index in [4.69, 9.17) is 4.74 Å². The largest absolute Gasteiger partial charge is 0.379 e. The summed E-state index contributed by atoms with van der Waals surface area (Å²) in [6, 6.07) is 6.29. The first-order valence-corrected chi connectivity index (χ1v) is 8.36. The molecule has 2 heterocycles. The van der Waals surface area contributed by atoms with Gasteiger partial charge in [0.15, 0.2) is 5.13 Å². The smallest absolute Gasteiger partial charge is 0.230 e. The highest BCUT2D eigenvalue weighted by atomic mass is 32.1. The van der Waals surface area contributed by atoms with Gasteiger partial charge in [-0.3, -0.25) is 9.69 Å². The molecular formula is C16H18FN3O2S. The molecule has 0 unspecified atom stereocenters. The summed E-state index contributed by atoms with van der Waals surface area (Å²) in [6.45, 7) is 4.04. The molecule has 1 amide bonds. The number of ether oxygens (including phenoxy) is 1. The van der Waals surface area contributed by atoms with Crippen molar-refractivity contribution in [2.45, 2.75) is 13.0 Å². The summed E-state index contributed by atoms with van der Waals surface area (Å²) in [6.07, 6.45) is 0.00501. The number of benzene rings is 1. The molecule has 1 N–H and O–H groups in total. The standard InChI is InChI=1S/C16H18FN3O2S/c17-14-4-2-1-3-12(14)9-15(21)19-16-18-13(11-23-16)10-20-5-7-22-8-6-20/h1-4,11H,5-10H2,(H,18,19,21). The monoisotopic (exact) mass is 335 g/mol. The van der Waals surface area contributed by atoms with E-state index in [2.05, 4.69) is 15.2 Å². The van der Waals surface area contributed by atoms with Crippen LogP contribution in [0.1, 0.15) is 11.3 Å². The van der Waals surface area contributed by atoms with Crippen molar-refractivity contribution < 1.29 is 13.9 Å². The molecule has 1 saturated heterocycles. The van der Waals surface area contributed by atoms with Gasteiger partial charge in [0.2, 0.25) is 5.91 Å². The molecule has 0 saturated carbocycles. The molecule has 1 aliphatic heterocycles. The van der Waals surface area contributed by atoms with Crippen LogP contribution in [0.25, 0.3) is 0 Å². The van der Waals surface area contributed by atoms with Gasteiger partial charge in [0, 0.05) is 25.0 Å². The lowest BCUT2D eigenvalue weighted by Gasteiger charge is -2.25. The second-order valence-electron chi connectivity index (χ2n) is 5.35. The van der Waals surface area contributed by atoms with Crippen molar-refractivity contribution in [3.05, 3.63) is 46.7 Å². The van der Waals surface area contributed by atoms with Gasteiger partial charge in [0.25, 0.3) is 0 Å². The molecule has 0 atom stereocenters. The van der Waals surface area contributed by atoms with Gasteiger partial charge in [-0.1, -0.05) is 18.2 Å². The van der Waals surface area contributed by atoms with Gasteiger partial charge >= 0.3 is 0 Å². The van der Waals surface area contributed by atoms with Crippen molar-refractivity contribution in [3.8, 4) is 0 Å². The summed E-state index contributed by atoms with van der Waals surface area (Å²) in [5, 5.41) is 5.22. The summed E-state index contributed by atoms with van der Waals surface area (Å²) < 4.78 is 18.9. The Morgan fingerprint density at radius 3 is 2.91 bits per heavy atom. The Balaban J connectivity index is 1.54. The summed E-state index contributed by atoms with van der Waals surface area (Å²) in [5.74, 6) is -0.628. The topological polar surface area (TPSA) is 54.5 Å². The summed E-state index contributed by atoms with van der Waals surface area (Å²) in [7, 11) is 0. The van der Waals surface area contributed by atoms with Gasteiger partial charge in [-0.05, 0) is 11.6 Å². The van der Waals surface area contributed by atoms with Crippen LogP contribution in [0.2, 0.25) is 0 Å². The van der Waals surface area contributed by atoms with E-state index < -0.39 is 0 Å². The Hall–Kier alpha value is -1.83. The van der Waals surface area contributed by atoms with Gasteiger partial charge < -0.3 is 10.1 Å². The quantitative estimate of drug-likeness (QED) is 0.911. The first-order valence-electron chi connectivity index (χ1n) is 7.48. The number of carbonyl (C=O) groups excluding carboxylic acids is 1. The highest BCUT2D eigenvalue weighted by molar-refractivity contribution is 7.13. The maximum atomic E-state index is 13.5. The summed E-state index contributed by atoms with van der Waals surface area (Å²) in [5.41, 5.74) is 1.31. The van der Waals surface area contributed by atoms with Crippen molar-refractivity contribution in [1.82, 2.24) is 9.88 Å². The molecule has 7 heteroatoms. The predicted octanol–water partition coefficient (Wildman–Crippen LogP) is 2.30. The van der Waals surface area contributed by atoms with E-state index in [1.54, 1.807) is 18.2 Å². The number of thiazole rings is 1. The van der Waals surface area contributed by atoms with E-state index in [9.17, 15) is 9.18 Å². The second-order valence-corrected chi connectivity index (χ2v) is 6.21. The highest BCUT2D eigenvalue weighted by Crippen LogP contribution is 2.18. The number of hydrogen-bond donors (Lipinski definition) is 1. The minimum Gasteiger partial charge on any atom is -0.379 e. The van der Waals surface area contributed by atoms with Crippen LogP contribution < -0.4 is 5.32 Å². The fraction of sp³-hybridized carbons (Fsp3) is 0.375. The van der Waals surface area contributed by atoms with Crippen molar-refractivity contribution in [2.24, 2.45) is 0 Å². The number of halogens is 1. The number of hydrogen-bond acceptors (Lipinski definition) is 5. The third-order valence-electron chi connectivity index (χ3n) is 3.60. The molecule has 1 fully saturated rings. The van der Waals surface area contributed by atoms with E-state index in [-0.39, 0.29) is 18.1 Å². The fourth-order valence-electron chi connectivity index (χ4n) is 2.40. The lowest BCUT2D eigenvalue weighted by atomic mass is 10.1. The van der Waals surface area contributed by atoms with Crippen molar-refractivity contribution in [1.29, 1.82) is 0 Å². The molecule has 0 spiro atoms. The SMILES string of the molecule is O=C(Cc1ccccc1F)Nc1nc(CN2CCOCC2)cs1. The number of anilines is 1. The molecule has 1 aromatic heterocycles. The number of morpholine rings is 1. The van der Waals surface area contributed by atoms with Crippen LogP contribution in [0.4, 0.5) is 9.52 Å². The third-order valence-corrected chi connectivity index (χ3v) is 4.40. The Labute approximate surface area is 138 Å². The van der Waals surface area contributed by atoms with Gasteiger partial charge in [0.1, 0.15) is 5.82 Å². The van der Waals surface area contributed by atoms with Crippen LogP contribution in [-0.2, 0) is 22.5 Å². The molecule has 1 aromatic carbocycles. The first-order chi connectivity index (χ1) is 11.2. The Bertz CT molecular complexity index is 671.